The zero-order valence-electron chi connectivity index (χ0n) is 13.9. The number of amides is 2. The highest BCUT2D eigenvalue weighted by atomic mass is 32.2. The van der Waals surface area contributed by atoms with Crippen LogP contribution < -0.4 is 15.0 Å². The Morgan fingerprint density at radius 3 is 2.56 bits per heavy atom. The third-order valence-corrected chi connectivity index (χ3v) is 4.49. The molecule has 1 fully saturated rings. The molecule has 130 valence electrons. The number of hydrogen-bond acceptors (Lipinski definition) is 6. The summed E-state index contributed by atoms with van der Waals surface area (Å²) in [6.07, 6.45) is 5.12. The van der Waals surface area contributed by atoms with E-state index in [9.17, 15) is 9.59 Å². The fraction of sp³-hybridized carbons (Fsp3) is 0.294. The molecule has 2 heterocycles. The monoisotopic (exact) mass is 358 g/mol. The molecule has 8 heteroatoms. The first-order valence-corrected chi connectivity index (χ1v) is 8.94. The van der Waals surface area contributed by atoms with Crippen molar-refractivity contribution in [2.45, 2.75) is 17.6 Å². The van der Waals surface area contributed by atoms with Crippen molar-refractivity contribution < 1.29 is 14.3 Å². The Hall–Kier alpha value is -2.61. The van der Waals surface area contributed by atoms with Crippen LogP contribution in [0.25, 0.3) is 0 Å². The van der Waals surface area contributed by atoms with E-state index in [4.69, 9.17) is 4.74 Å². The average Bonchev–Trinajstić information content (AvgIpc) is 3.02. The first-order valence-electron chi connectivity index (χ1n) is 7.72. The van der Waals surface area contributed by atoms with Gasteiger partial charge >= 0.3 is 0 Å². The van der Waals surface area contributed by atoms with E-state index in [0.29, 0.717) is 17.3 Å². The van der Waals surface area contributed by atoms with Crippen LogP contribution in [0.2, 0.25) is 0 Å². The molecule has 1 unspecified atom stereocenters. The van der Waals surface area contributed by atoms with Gasteiger partial charge in [-0.15, -0.1) is 0 Å². The number of nitrogens with zero attached hydrogens (tertiary/aromatic N) is 3. The number of thioether (sulfide) groups is 1. The maximum absolute atomic E-state index is 12.3. The van der Waals surface area contributed by atoms with Crippen molar-refractivity contribution in [2.75, 3.05) is 24.8 Å². The van der Waals surface area contributed by atoms with Crippen LogP contribution in [0, 0.1) is 0 Å². The molecular formula is C17H18N4O3S. The zero-order chi connectivity index (χ0) is 17.8. The van der Waals surface area contributed by atoms with E-state index in [1.807, 2.05) is 18.4 Å². The highest BCUT2D eigenvalue weighted by Crippen LogP contribution is 2.24. The summed E-state index contributed by atoms with van der Waals surface area (Å²) in [4.78, 5) is 34.4. The van der Waals surface area contributed by atoms with Crippen LogP contribution in [0.5, 0.6) is 5.75 Å². The molecule has 2 aromatic rings. The van der Waals surface area contributed by atoms with Crippen LogP contribution in [0.1, 0.15) is 16.8 Å². The maximum atomic E-state index is 12.3. The van der Waals surface area contributed by atoms with Gasteiger partial charge in [0.25, 0.3) is 5.91 Å². The number of carbonyl (C=O) groups excluding carboxylic acids is 2. The topological polar surface area (TPSA) is 84.4 Å². The lowest BCUT2D eigenvalue weighted by Gasteiger charge is -2.17. The highest BCUT2D eigenvalue weighted by Gasteiger charge is 2.31. The average molecular weight is 358 g/mol. The highest BCUT2D eigenvalue weighted by molar-refractivity contribution is 7.98. The summed E-state index contributed by atoms with van der Waals surface area (Å²) in [6, 6.07) is 7.02. The van der Waals surface area contributed by atoms with Gasteiger partial charge in [-0.2, -0.15) is 0 Å². The number of rotatable bonds is 5. The molecule has 0 spiro atoms. The Morgan fingerprint density at radius 1 is 1.28 bits per heavy atom. The summed E-state index contributed by atoms with van der Waals surface area (Å²) in [5.41, 5.74) is 1.17. The Labute approximate surface area is 149 Å². The van der Waals surface area contributed by atoms with Crippen molar-refractivity contribution in [3.8, 4) is 5.75 Å². The molecular weight excluding hydrogens is 340 g/mol. The molecule has 1 aliphatic heterocycles. The minimum Gasteiger partial charge on any atom is -0.497 e. The predicted molar refractivity (Wildman–Crippen MR) is 95.0 cm³/mol. The van der Waals surface area contributed by atoms with Crippen molar-refractivity contribution in [3.63, 3.8) is 0 Å². The van der Waals surface area contributed by atoms with Crippen LogP contribution in [0.3, 0.4) is 0 Å². The van der Waals surface area contributed by atoms with E-state index in [1.54, 1.807) is 24.1 Å². The predicted octanol–water partition coefficient (Wildman–Crippen LogP) is 1.74. The fourth-order valence-electron chi connectivity index (χ4n) is 2.62. The van der Waals surface area contributed by atoms with E-state index >= 15 is 0 Å². The van der Waals surface area contributed by atoms with Gasteiger partial charge in [0.05, 0.1) is 18.7 Å². The lowest BCUT2D eigenvalue weighted by Crippen LogP contribution is -2.37. The van der Waals surface area contributed by atoms with Gasteiger partial charge in [-0.3, -0.25) is 9.59 Å². The number of ether oxygens (including phenoxy) is 1. The first-order chi connectivity index (χ1) is 12.1. The largest absolute Gasteiger partial charge is 0.497 e. The standard InChI is InChI=1S/C17H18N4O3S/c1-24-14-5-3-13(4-6-14)21-10-12(7-15(21)22)20-16(23)11-8-18-17(25-2)19-9-11/h3-6,8-9,12H,7,10H2,1-2H3,(H,20,23). The SMILES string of the molecule is COc1ccc(N2CC(NC(=O)c3cnc(SC)nc3)CC2=O)cc1. The van der Waals surface area contributed by atoms with Gasteiger partial charge in [-0.25, -0.2) is 9.97 Å². The van der Waals surface area contributed by atoms with Gasteiger partial charge in [-0.05, 0) is 30.5 Å². The second-order valence-electron chi connectivity index (χ2n) is 5.54. The number of benzene rings is 1. The molecule has 0 saturated carbocycles. The third-order valence-electron chi connectivity index (χ3n) is 3.92. The summed E-state index contributed by atoms with van der Waals surface area (Å²) >= 11 is 1.41. The molecule has 1 aliphatic rings. The second kappa shape index (κ2) is 7.52. The van der Waals surface area contributed by atoms with E-state index in [0.717, 1.165) is 11.4 Å². The van der Waals surface area contributed by atoms with E-state index in [2.05, 4.69) is 15.3 Å². The molecule has 0 radical (unpaired) electrons. The van der Waals surface area contributed by atoms with Crippen LogP contribution in [-0.4, -0.2) is 47.7 Å². The summed E-state index contributed by atoms with van der Waals surface area (Å²) in [5.74, 6) is 0.431. The van der Waals surface area contributed by atoms with Crippen molar-refractivity contribution >= 4 is 29.3 Å². The molecule has 25 heavy (non-hydrogen) atoms. The second-order valence-corrected chi connectivity index (χ2v) is 6.31. The molecule has 0 bridgehead atoms. The quantitative estimate of drug-likeness (QED) is 0.647. The summed E-state index contributed by atoms with van der Waals surface area (Å²) < 4.78 is 5.12. The number of methoxy groups -OCH3 is 1. The van der Waals surface area contributed by atoms with Crippen LogP contribution in [0.15, 0.2) is 41.8 Å². The van der Waals surface area contributed by atoms with Gasteiger partial charge in [0.1, 0.15) is 5.75 Å². The number of nitrogens with one attached hydrogen (secondary N) is 1. The lowest BCUT2D eigenvalue weighted by atomic mass is 10.2. The van der Waals surface area contributed by atoms with Crippen LogP contribution in [0.4, 0.5) is 5.69 Å². The minimum absolute atomic E-state index is 0.0237. The summed E-state index contributed by atoms with van der Waals surface area (Å²) in [7, 11) is 1.59. The fourth-order valence-corrected chi connectivity index (χ4v) is 2.94. The normalized spacial score (nSPS) is 16.8. The van der Waals surface area contributed by atoms with Gasteiger partial charge < -0.3 is 15.0 Å². The van der Waals surface area contributed by atoms with Crippen LogP contribution in [-0.2, 0) is 4.79 Å². The number of anilines is 1. The molecule has 2 amide bonds. The number of hydrogen-bond donors (Lipinski definition) is 1. The van der Waals surface area contributed by atoms with E-state index in [1.165, 1.54) is 24.2 Å². The Balaban J connectivity index is 1.64. The molecule has 0 aliphatic carbocycles. The minimum atomic E-state index is -0.276. The van der Waals surface area contributed by atoms with Gasteiger partial charge in [-0.1, -0.05) is 11.8 Å². The summed E-state index contributed by atoms with van der Waals surface area (Å²) in [6.45, 7) is 0.431. The zero-order valence-corrected chi connectivity index (χ0v) is 14.7. The Kier molecular flexibility index (Phi) is 5.18. The molecule has 1 aromatic carbocycles. The van der Waals surface area contributed by atoms with Gasteiger partial charge in [0.2, 0.25) is 5.91 Å². The molecule has 1 saturated heterocycles. The number of aromatic nitrogens is 2. The van der Waals surface area contributed by atoms with Crippen LogP contribution >= 0.6 is 11.8 Å². The summed E-state index contributed by atoms with van der Waals surface area (Å²) in [5, 5.41) is 3.48. The molecule has 7 nitrogen and oxygen atoms in total. The molecule has 1 atom stereocenters. The maximum Gasteiger partial charge on any atom is 0.254 e. The van der Waals surface area contributed by atoms with E-state index in [-0.39, 0.29) is 24.3 Å². The molecule has 1 N–H and O–H groups in total. The number of carbonyl (C=O) groups is 2. The van der Waals surface area contributed by atoms with Crippen molar-refractivity contribution in [2.24, 2.45) is 0 Å². The van der Waals surface area contributed by atoms with Crippen molar-refractivity contribution in [1.29, 1.82) is 0 Å². The van der Waals surface area contributed by atoms with E-state index < -0.39 is 0 Å². The Morgan fingerprint density at radius 2 is 1.96 bits per heavy atom. The third kappa shape index (κ3) is 3.90. The molecule has 1 aromatic heterocycles. The first kappa shape index (κ1) is 17.2. The van der Waals surface area contributed by atoms with Gasteiger partial charge in [0.15, 0.2) is 5.16 Å². The van der Waals surface area contributed by atoms with Crippen molar-refractivity contribution in [3.05, 3.63) is 42.2 Å². The Bertz CT molecular complexity index is 764. The lowest BCUT2D eigenvalue weighted by molar-refractivity contribution is -0.117. The van der Waals surface area contributed by atoms with Gasteiger partial charge in [0, 0.05) is 31.0 Å². The van der Waals surface area contributed by atoms with Crippen molar-refractivity contribution in [1.82, 2.24) is 15.3 Å². The molecule has 3 rings (SSSR count). The smallest absolute Gasteiger partial charge is 0.254 e.